The molecular weight excluding hydrogens is 694 g/mol. The number of imidazole rings is 1. The van der Waals surface area contributed by atoms with Crippen LogP contribution in [0.1, 0.15) is 150 Å². The molecule has 2 N–H and O–H groups in total. The molecule has 0 radical (unpaired) electrons. The van der Waals surface area contributed by atoms with Crippen LogP contribution < -0.4 is 0 Å². The standard InChI is InChI=1S/C46H64FN3O5/c1-41(2,40(53)54)26-37(51)55-36-18-20-43(5)34(42(36,3)4)17-21-45(7)35(43)16-15-30-31-13-9-19-46(31,23-22-44(30,45)6)39(52)50-24-10-14-33(50)38-48-27-32(49-38)28-11-8-12-29(47)25-28/h8,11-12,25,27,30-31,33-36H,9-10,13-24,26H2,1-7H3,(H,48,49)(H,53,54)/t30-,31-,33+,34?,35?,36+,43+,44-,45-,46+/m1/s1. The van der Waals surface area contributed by atoms with Crippen LogP contribution in [0.3, 0.4) is 0 Å². The fraction of sp³-hybridized carbons (Fsp3) is 0.739. The van der Waals surface area contributed by atoms with Gasteiger partial charge in [-0.1, -0.05) is 53.2 Å². The van der Waals surface area contributed by atoms with Gasteiger partial charge in [-0.15, -0.1) is 0 Å². The number of carboxylic acid groups (broad SMARTS) is 1. The van der Waals surface area contributed by atoms with Gasteiger partial charge in [0.05, 0.1) is 35.2 Å². The Hall–Kier alpha value is -3.23. The first-order valence-electron chi connectivity index (χ1n) is 21.4. The van der Waals surface area contributed by atoms with Crippen molar-refractivity contribution in [2.75, 3.05) is 6.54 Å². The van der Waals surface area contributed by atoms with E-state index in [1.54, 1.807) is 26.1 Å². The molecule has 1 aromatic heterocycles. The molecule has 2 aromatic rings. The number of amides is 1. The molecule has 1 aromatic carbocycles. The third kappa shape index (κ3) is 5.76. The van der Waals surface area contributed by atoms with Gasteiger partial charge in [0.2, 0.25) is 5.91 Å². The number of aliphatic carboxylic acids is 1. The number of H-pyrrole nitrogens is 1. The number of hydrogen-bond acceptors (Lipinski definition) is 5. The highest BCUT2D eigenvalue weighted by molar-refractivity contribution is 5.84. The minimum Gasteiger partial charge on any atom is -0.481 e. The Morgan fingerprint density at radius 1 is 0.909 bits per heavy atom. The highest BCUT2D eigenvalue weighted by Crippen LogP contribution is 2.77. The Morgan fingerprint density at radius 3 is 2.44 bits per heavy atom. The lowest BCUT2D eigenvalue weighted by molar-refractivity contribution is -0.248. The number of aromatic nitrogens is 2. The van der Waals surface area contributed by atoms with Gasteiger partial charge in [0.1, 0.15) is 17.7 Å². The Balaban J connectivity index is 1.01. The maximum atomic E-state index is 15.1. The number of halogens is 1. The number of esters is 1. The summed E-state index contributed by atoms with van der Waals surface area (Å²) in [6.45, 7) is 16.3. The first-order valence-corrected chi connectivity index (χ1v) is 21.4. The van der Waals surface area contributed by atoms with E-state index in [0.717, 1.165) is 94.3 Å². The van der Waals surface area contributed by atoms with Gasteiger partial charge in [-0.3, -0.25) is 14.4 Å². The van der Waals surface area contributed by atoms with Crippen LogP contribution in [-0.4, -0.2) is 50.5 Å². The molecule has 5 saturated carbocycles. The molecule has 300 valence electrons. The van der Waals surface area contributed by atoms with Gasteiger partial charge in [-0.25, -0.2) is 9.37 Å². The number of benzene rings is 1. The van der Waals surface area contributed by atoms with Crippen molar-refractivity contribution in [3.05, 3.63) is 42.1 Å². The number of fused-ring (bicyclic) bond motifs is 7. The maximum absolute atomic E-state index is 15.1. The van der Waals surface area contributed by atoms with Gasteiger partial charge < -0.3 is 19.7 Å². The molecule has 8 nitrogen and oxygen atoms in total. The monoisotopic (exact) mass is 757 g/mol. The van der Waals surface area contributed by atoms with Crippen molar-refractivity contribution >= 4 is 17.8 Å². The average molecular weight is 758 g/mol. The van der Waals surface area contributed by atoms with Gasteiger partial charge in [0.15, 0.2) is 0 Å². The molecule has 0 bridgehead atoms. The number of aromatic amines is 1. The minimum absolute atomic E-state index is 0.0800. The SMILES string of the molecule is CC(C)(CC(=O)O[C@H]1CC[C@@]2(C)C(CC[C@]3(C)C2CC[C@@H]2[C@H]4CCC[C@]4(C(=O)N4CCC[C@H]4c4ncc(-c5cccc(F)c5)[nH]4)CC[C@]23C)C1(C)C)C(=O)O. The van der Waals surface area contributed by atoms with Gasteiger partial charge in [-0.2, -0.15) is 0 Å². The van der Waals surface area contributed by atoms with E-state index in [9.17, 15) is 19.1 Å². The molecular formula is C46H64FN3O5. The van der Waals surface area contributed by atoms with Crippen molar-refractivity contribution in [3.8, 4) is 11.3 Å². The number of nitrogens with one attached hydrogen (secondary N) is 1. The Labute approximate surface area is 327 Å². The molecule has 8 rings (SSSR count). The van der Waals surface area contributed by atoms with E-state index < -0.39 is 17.4 Å². The number of carbonyl (C=O) groups excluding carboxylic acids is 2. The lowest BCUT2D eigenvalue weighted by Crippen LogP contribution is -2.67. The van der Waals surface area contributed by atoms with Crippen molar-refractivity contribution in [1.82, 2.24) is 14.9 Å². The molecule has 6 aliphatic rings. The van der Waals surface area contributed by atoms with Crippen molar-refractivity contribution in [2.24, 2.45) is 56.2 Å². The van der Waals surface area contributed by atoms with E-state index >= 15 is 4.79 Å². The smallest absolute Gasteiger partial charge is 0.309 e. The highest BCUT2D eigenvalue weighted by atomic mass is 19.1. The number of rotatable bonds is 7. The lowest BCUT2D eigenvalue weighted by atomic mass is 9.32. The molecule has 6 fully saturated rings. The Morgan fingerprint density at radius 2 is 1.69 bits per heavy atom. The number of hydrogen-bond donors (Lipinski definition) is 2. The predicted octanol–water partition coefficient (Wildman–Crippen LogP) is 10.1. The molecule has 1 aliphatic heterocycles. The molecule has 55 heavy (non-hydrogen) atoms. The highest BCUT2D eigenvalue weighted by Gasteiger charge is 2.71. The molecule has 5 aliphatic carbocycles. The van der Waals surface area contributed by atoms with Crippen LogP contribution in [0.25, 0.3) is 11.3 Å². The summed E-state index contributed by atoms with van der Waals surface area (Å²) in [5.74, 6) is 1.37. The quantitative estimate of drug-likeness (QED) is 0.272. The number of ether oxygens (including phenoxy) is 1. The zero-order valence-electron chi connectivity index (χ0n) is 34.3. The van der Waals surface area contributed by atoms with Crippen LogP contribution in [0, 0.1) is 62.0 Å². The van der Waals surface area contributed by atoms with E-state index in [0.29, 0.717) is 29.6 Å². The van der Waals surface area contributed by atoms with Crippen LogP contribution in [0.4, 0.5) is 4.39 Å². The zero-order valence-corrected chi connectivity index (χ0v) is 34.3. The predicted molar refractivity (Wildman–Crippen MR) is 209 cm³/mol. The van der Waals surface area contributed by atoms with Gasteiger partial charge in [-0.05, 0) is 143 Å². The van der Waals surface area contributed by atoms with Gasteiger partial charge >= 0.3 is 11.9 Å². The fourth-order valence-corrected chi connectivity index (χ4v) is 14.7. The fourth-order valence-electron chi connectivity index (χ4n) is 14.7. The molecule has 2 heterocycles. The molecule has 1 saturated heterocycles. The topological polar surface area (TPSA) is 113 Å². The van der Waals surface area contributed by atoms with E-state index in [2.05, 4.69) is 44.5 Å². The van der Waals surface area contributed by atoms with E-state index in [1.165, 1.54) is 25.0 Å². The summed E-state index contributed by atoms with van der Waals surface area (Å²) < 4.78 is 20.2. The summed E-state index contributed by atoms with van der Waals surface area (Å²) in [4.78, 5) is 50.4. The number of carbonyl (C=O) groups is 3. The second-order valence-corrected chi connectivity index (χ2v) is 20.9. The summed E-state index contributed by atoms with van der Waals surface area (Å²) >= 11 is 0. The van der Waals surface area contributed by atoms with Gasteiger partial charge in [0.25, 0.3) is 0 Å². The molecule has 10 atom stereocenters. The minimum atomic E-state index is -1.16. The van der Waals surface area contributed by atoms with Crippen molar-refractivity contribution in [1.29, 1.82) is 0 Å². The molecule has 0 spiro atoms. The molecule has 9 heteroatoms. The second-order valence-electron chi connectivity index (χ2n) is 20.9. The number of nitrogens with zero attached hydrogens (tertiary/aromatic N) is 2. The summed E-state index contributed by atoms with van der Waals surface area (Å²) in [6.07, 6.45) is 15.0. The first-order chi connectivity index (χ1) is 25.9. The Bertz CT molecular complexity index is 1850. The zero-order chi connectivity index (χ0) is 39.3. The normalized spacial score (nSPS) is 39.4. The van der Waals surface area contributed by atoms with E-state index in [1.807, 2.05) is 6.07 Å². The van der Waals surface area contributed by atoms with E-state index in [-0.39, 0.29) is 51.5 Å². The number of carboxylic acids is 1. The third-order valence-electron chi connectivity index (χ3n) is 17.7. The Kier molecular flexibility index (Phi) is 9.24. The largest absolute Gasteiger partial charge is 0.481 e. The first kappa shape index (κ1) is 38.6. The van der Waals surface area contributed by atoms with Crippen LogP contribution in [0.15, 0.2) is 30.5 Å². The van der Waals surface area contributed by atoms with Gasteiger partial charge in [0, 0.05) is 17.5 Å². The third-order valence-corrected chi connectivity index (χ3v) is 17.7. The summed E-state index contributed by atoms with van der Waals surface area (Å²) in [7, 11) is 0. The lowest BCUT2D eigenvalue weighted by Gasteiger charge is -2.72. The van der Waals surface area contributed by atoms with Crippen molar-refractivity contribution < 1.29 is 28.6 Å². The summed E-state index contributed by atoms with van der Waals surface area (Å²) in [6, 6.07) is 6.49. The summed E-state index contributed by atoms with van der Waals surface area (Å²) in [5, 5.41) is 9.62. The van der Waals surface area contributed by atoms with Crippen LogP contribution in [0.5, 0.6) is 0 Å². The van der Waals surface area contributed by atoms with Crippen LogP contribution >= 0.6 is 0 Å². The molecule has 2 unspecified atom stereocenters. The maximum Gasteiger partial charge on any atom is 0.309 e. The van der Waals surface area contributed by atoms with Crippen molar-refractivity contribution in [3.63, 3.8) is 0 Å². The summed E-state index contributed by atoms with van der Waals surface area (Å²) in [5.41, 5.74) is 0.277. The molecule has 1 amide bonds. The van der Waals surface area contributed by atoms with E-state index in [4.69, 9.17) is 9.72 Å². The van der Waals surface area contributed by atoms with Crippen LogP contribution in [0.2, 0.25) is 0 Å². The van der Waals surface area contributed by atoms with Crippen LogP contribution in [-0.2, 0) is 19.1 Å². The van der Waals surface area contributed by atoms with Crippen molar-refractivity contribution in [2.45, 2.75) is 151 Å². The average Bonchev–Trinajstić information content (AvgIpc) is 3.90. The second kappa shape index (κ2) is 13.2. The number of likely N-dealkylation sites (tertiary alicyclic amines) is 1.